The summed E-state index contributed by atoms with van der Waals surface area (Å²) in [5.41, 5.74) is 0.560. The van der Waals surface area contributed by atoms with Crippen LogP contribution < -0.4 is 4.72 Å². The van der Waals surface area contributed by atoms with Crippen molar-refractivity contribution < 1.29 is 13.2 Å². The number of hydrogen-bond donors (Lipinski definition) is 1. The Balaban J connectivity index is 2.04. The average Bonchev–Trinajstić information content (AvgIpc) is 2.64. The number of carbonyl (C=O) groups excluding carboxylic acids is 1. The predicted octanol–water partition coefficient (Wildman–Crippen LogP) is 3.56. The maximum atomic E-state index is 12.7. The molecule has 0 radical (unpaired) electrons. The zero-order valence-electron chi connectivity index (χ0n) is 15.3. The Hall–Kier alpha value is -1.40. The second-order valence-electron chi connectivity index (χ2n) is 6.69. The van der Waals surface area contributed by atoms with E-state index in [0.29, 0.717) is 18.2 Å². The van der Waals surface area contributed by atoms with Gasteiger partial charge in [0.25, 0.3) is 5.91 Å². The fourth-order valence-corrected chi connectivity index (χ4v) is 4.37. The van der Waals surface area contributed by atoms with E-state index in [0.717, 1.165) is 45.1 Å². The van der Waals surface area contributed by atoms with Gasteiger partial charge in [0.1, 0.15) is 0 Å². The number of nitrogens with one attached hydrogen (secondary N) is 1. The number of likely N-dealkylation sites (tertiary alicyclic amines) is 1. The fraction of sp³-hybridized carbons (Fsp3) is 0.632. The molecule has 1 aromatic carbocycles. The van der Waals surface area contributed by atoms with Crippen LogP contribution in [-0.4, -0.2) is 38.4 Å². The second-order valence-corrected chi connectivity index (χ2v) is 8.45. The number of unbranched alkanes of at least 4 members (excludes halogenated alkanes) is 2. The predicted molar refractivity (Wildman–Crippen MR) is 100 cm³/mol. The highest BCUT2D eigenvalue weighted by Gasteiger charge is 2.26. The highest BCUT2D eigenvalue weighted by Crippen LogP contribution is 2.22. The zero-order chi connectivity index (χ0) is 18.3. The molecule has 140 valence electrons. The Morgan fingerprint density at radius 3 is 2.52 bits per heavy atom. The molecule has 1 atom stereocenters. The molecule has 6 heteroatoms. The summed E-state index contributed by atoms with van der Waals surface area (Å²) in [5, 5.41) is 0. The van der Waals surface area contributed by atoms with E-state index in [1.807, 2.05) is 4.90 Å². The molecule has 2 rings (SSSR count). The van der Waals surface area contributed by atoms with Crippen molar-refractivity contribution in [1.29, 1.82) is 0 Å². The highest BCUT2D eigenvalue weighted by molar-refractivity contribution is 7.89. The van der Waals surface area contributed by atoms with Gasteiger partial charge in [0.15, 0.2) is 0 Å². The van der Waals surface area contributed by atoms with Crippen LogP contribution in [0.4, 0.5) is 0 Å². The van der Waals surface area contributed by atoms with E-state index in [9.17, 15) is 13.2 Å². The number of hydrogen-bond acceptors (Lipinski definition) is 3. The normalized spacial score (nSPS) is 18.3. The molecular formula is C19H30N2O3S. The number of sulfonamides is 1. The van der Waals surface area contributed by atoms with Gasteiger partial charge in [-0.3, -0.25) is 4.79 Å². The summed E-state index contributed by atoms with van der Waals surface area (Å²) in [6, 6.07) is 6.61. The van der Waals surface area contributed by atoms with Crippen LogP contribution in [0, 0.1) is 0 Å². The molecule has 1 aliphatic heterocycles. The molecule has 1 amide bonds. The largest absolute Gasteiger partial charge is 0.336 e. The number of benzene rings is 1. The first-order valence-corrected chi connectivity index (χ1v) is 10.9. The van der Waals surface area contributed by atoms with Crippen LogP contribution in [0.25, 0.3) is 0 Å². The van der Waals surface area contributed by atoms with Crippen molar-refractivity contribution in [3.05, 3.63) is 29.8 Å². The Kier molecular flexibility index (Phi) is 7.44. The Morgan fingerprint density at radius 1 is 1.16 bits per heavy atom. The van der Waals surface area contributed by atoms with Crippen LogP contribution in [0.15, 0.2) is 29.2 Å². The lowest BCUT2D eigenvalue weighted by Gasteiger charge is -2.35. The standard InChI is InChI=1S/C19H30N2O3S/c1-3-5-7-14-20-25(23,24)18-12-10-16(11-13-18)19(22)21-15-8-6-9-17(21)4-2/h10-13,17,20H,3-9,14-15H2,1-2H3. The Labute approximate surface area is 151 Å². The van der Waals surface area contributed by atoms with Gasteiger partial charge in [-0.25, -0.2) is 13.1 Å². The lowest BCUT2D eigenvalue weighted by Crippen LogP contribution is -2.43. The molecule has 25 heavy (non-hydrogen) atoms. The number of rotatable bonds is 8. The molecule has 0 saturated carbocycles. The molecule has 1 N–H and O–H groups in total. The molecule has 1 heterocycles. The van der Waals surface area contributed by atoms with Gasteiger partial charge in [-0.15, -0.1) is 0 Å². The van der Waals surface area contributed by atoms with E-state index < -0.39 is 10.0 Å². The van der Waals surface area contributed by atoms with Crippen molar-refractivity contribution in [3.63, 3.8) is 0 Å². The van der Waals surface area contributed by atoms with Crippen molar-refractivity contribution >= 4 is 15.9 Å². The second kappa shape index (κ2) is 9.34. The highest BCUT2D eigenvalue weighted by atomic mass is 32.2. The summed E-state index contributed by atoms with van der Waals surface area (Å²) < 4.78 is 27.2. The summed E-state index contributed by atoms with van der Waals surface area (Å²) in [4.78, 5) is 14.9. The maximum absolute atomic E-state index is 12.7. The molecule has 0 spiro atoms. The van der Waals surface area contributed by atoms with E-state index in [2.05, 4.69) is 18.6 Å². The van der Waals surface area contributed by atoms with Crippen LogP contribution in [0.5, 0.6) is 0 Å². The van der Waals surface area contributed by atoms with Crippen LogP contribution in [0.1, 0.15) is 69.2 Å². The summed E-state index contributed by atoms with van der Waals surface area (Å²) in [6.07, 6.45) is 7.10. The minimum atomic E-state index is -3.50. The van der Waals surface area contributed by atoms with Gasteiger partial charge in [0, 0.05) is 24.7 Å². The van der Waals surface area contributed by atoms with Crippen LogP contribution in [-0.2, 0) is 10.0 Å². The van der Waals surface area contributed by atoms with Crippen molar-refractivity contribution in [3.8, 4) is 0 Å². The number of piperidine rings is 1. The molecule has 0 aliphatic carbocycles. The van der Waals surface area contributed by atoms with Gasteiger partial charge in [0.2, 0.25) is 10.0 Å². The number of carbonyl (C=O) groups is 1. The third-order valence-corrected chi connectivity index (χ3v) is 6.32. The van der Waals surface area contributed by atoms with Gasteiger partial charge in [-0.1, -0.05) is 26.7 Å². The average molecular weight is 367 g/mol. The third-order valence-electron chi connectivity index (χ3n) is 4.84. The van der Waals surface area contributed by atoms with Gasteiger partial charge in [-0.05, 0) is 56.4 Å². The van der Waals surface area contributed by atoms with Crippen molar-refractivity contribution in [2.24, 2.45) is 0 Å². The molecule has 1 fully saturated rings. The molecule has 1 unspecified atom stereocenters. The Bertz CT molecular complexity index is 656. The first kappa shape index (κ1) is 19.9. The van der Waals surface area contributed by atoms with E-state index in [-0.39, 0.29) is 10.8 Å². The topological polar surface area (TPSA) is 66.5 Å². The zero-order valence-corrected chi connectivity index (χ0v) is 16.1. The maximum Gasteiger partial charge on any atom is 0.254 e. The third kappa shape index (κ3) is 5.28. The van der Waals surface area contributed by atoms with Crippen LogP contribution in [0.3, 0.4) is 0 Å². The molecule has 5 nitrogen and oxygen atoms in total. The van der Waals surface area contributed by atoms with Crippen molar-refractivity contribution in [2.75, 3.05) is 13.1 Å². The van der Waals surface area contributed by atoms with Gasteiger partial charge in [-0.2, -0.15) is 0 Å². The smallest absolute Gasteiger partial charge is 0.254 e. The molecule has 1 saturated heterocycles. The molecule has 0 aromatic heterocycles. The van der Waals surface area contributed by atoms with Gasteiger partial charge >= 0.3 is 0 Å². The number of amides is 1. The van der Waals surface area contributed by atoms with E-state index in [4.69, 9.17) is 0 Å². The van der Waals surface area contributed by atoms with Crippen LogP contribution >= 0.6 is 0 Å². The van der Waals surface area contributed by atoms with Gasteiger partial charge in [0.05, 0.1) is 4.90 Å². The minimum Gasteiger partial charge on any atom is -0.336 e. The number of nitrogens with zero attached hydrogens (tertiary/aromatic N) is 1. The molecule has 0 bridgehead atoms. The van der Waals surface area contributed by atoms with E-state index >= 15 is 0 Å². The van der Waals surface area contributed by atoms with Crippen LogP contribution in [0.2, 0.25) is 0 Å². The van der Waals surface area contributed by atoms with Crippen molar-refractivity contribution in [2.45, 2.75) is 69.7 Å². The van der Waals surface area contributed by atoms with Gasteiger partial charge < -0.3 is 4.90 Å². The molecule has 1 aliphatic rings. The first-order valence-electron chi connectivity index (χ1n) is 9.40. The molecular weight excluding hydrogens is 336 g/mol. The SMILES string of the molecule is CCCCCNS(=O)(=O)c1ccc(C(=O)N2CCCCC2CC)cc1. The Morgan fingerprint density at radius 2 is 1.88 bits per heavy atom. The van der Waals surface area contributed by atoms with E-state index in [1.54, 1.807) is 12.1 Å². The van der Waals surface area contributed by atoms with Crippen molar-refractivity contribution in [1.82, 2.24) is 9.62 Å². The summed E-state index contributed by atoms with van der Waals surface area (Å²) in [5.74, 6) is 0.00593. The first-order chi connectivity index (χ1) is 12.0. The summed E-state index contributed by atoms with van der Waals surface area (Å²) in [6.45, 7) is 5.42. The molecule has 1 aromatic rings. The lowest BCUT2D eigenvalue weighted by molar-refractivity contribution is 0.0608. The van der Waals surface area contributed by atoms with E-state index in [1.165, 1.54) is 18.6 Å². The quantitative estimate of drug-likeness (QED) is 0.715. The summed E-state index contributed by atoms with van der Waals surface area (Å²) in [7, 11) is -3.50. The summed E-state index contributed by atoms with van der Waals surface area (Å²) >= 11 is 0. The monoisotopic (exact) mass is 366 g/mol. The fourth-order valence-electron chi connectivity index (χ4n) is 3.30. The minimum absolute atomic E-state index is 0.00593. The lowest BCUT2D eigenvalue weighted by atomic mass is 9.99.